The molecule has 1 aromatic heterocycles. The van der Waals surface area contributed by atoms with Crippen LogP contribution in [0.5, 0.6) is 0 Å². The minimum atomic E-state index is -4.70. The zero-order valence-corrected chi connectivity index (χ0v) is 16.4. The third-order valence-electron chi connectivity index (χ3n) is 4.75. The minimum absolute atomic E-state index is 0.0364. The van der Waals surface area contributed by atoms with Gasteiger partial charge in [-0.1, -0.05) is 29.4 Å². The van der Waals surface area contributed by atoms with Gasteiger partial charge < -0.3 is 19.0 Å². The molecule has 2 aromatic rings. The minimum Gasteiger partial charge on any atom is -0.376 e. The van der Waals surface area contributed by atoms with Crippen LogP contribution in [0.15, 0.2) is 28.8 Å². The molecule has 0 saturated carbocycles. The highest BCUT2D eigenvalue weighted by Crippen LogP contribution is 2.29. The quantitative estimate of drug-likeness (QED) is 0.642. The van der Waals surface area contributed by atoms with Gasteiger partial charge in [0.1, 0.15) is 5.78 Å². The Kier molecular flexibility index (Phi) is 6.86. The second-order valence-corrected chi connectivity index (χ2v) is 7.23. The summed E-state index contributed by atoms with van der Waals surface area (Å²) in [5.41, 5.74) is 1.15. The topological polar surface area (TPSA) is 85.5 Å². The fourth-order valence-corrected chi connectivity index (χ4v) is 3.17. The van der Waals surface area contributed by atoms with E-state index in [4.69, 9.17) is 4.74 Å². The Morgan fingerprint density at radius 3 is 2.50 bits per heavy atom. The first kappa shape index (κ1) is 21.9. The number of alkyl halides is 3. The van der Waals surface area contributed by atoms with E-state index in [0.717, 1.165) is 18.4 Å². The largest absolute Gasteiger partial charge is 0.471 e. The van der Waals surface area contributed by atoms with Gasteiger partial charge >= 0.3 is 12.1 Å². The number of nitrogens with zero attached hydrogens (tertiary/aromatic N) is 3. The molecular weight excluding hydrogens is 403 g/mol. The summed E-state index contributed by atoms with van der Waals surface area (Å²) in [6.45, 7) is 2.84. The Bertz CT molecular complexity index is 874. The standard InChI is InChI=1S/C20H22F3N3O4/c1-13(27)4-9-17(28)26(12-16-3-2-10-29-16)11-14-5-7-15(8-6-14)18-24-19(30-25-18)20(21,22)23/h5-8,16H,2-4,9-12H2,1H3. The third-order valence-corrected chi connectivity index (χ3v) is 4.75. The lowest BCUT2D eigenvalue weighted by Crippen LogP contribution is -2.37. The lowest BCUT2D eigenvalue weighted by Gasteiger charge is -2.25. The molecule has 10 heteroatoms. The van der Waals surface area contributed by atoms with Gasteiger partial charge in [-0.05, 0) is 25.3 Å². The molecule has 1 fully saturated rings. The average Bonchev–Trinajstić information content (AvgIpc) is 3.38. The van der Waals surface area contributed by atoms with Crippen LogP contribution in [0.3, 0.4) is 0 Å². The fraction of sp³-hybridized carbons (Fsp3) is 0.500. The van der Waals surface area contributed by atoms with Crippen molar-refractivity contribution in [3.63, 3.8) is 0 Å². The number of ketones is 1. The van der Waals surface area contributed by atoms with Crippen molar-refractivity contribution in [1.29, 1.82) is 0 Å². The molecule has 0 radical (unpaired) electrons. The monoisotopic (exact) mass is 425 g/mol. The maximum atomic E-state index is 12.6. The van der Waals surface area contributed by atoms with E-state index >= 15 is 0 Å². The van der Waals surface area contributed by atoms with Crippen molar-refractivity contribution in [2.45, 2.75) is 51.4 Å². The summed E-state index contributed by atoms with van der Waals surface area (Å²) in [5, 5.41) is 3.36. The molecule has 1 aromatic carbocycles. The molecule has 1 aliphatic rings. The number of amides is 1. The summed E-state index contributed by atoms with van der Waals surface area (Å²) >= 11 is 0. The average molecular weight is 425 g/mol. The first-order valence-corrected chi connectivity index (χ1v) is 9.61. The second kappa shape index (κ2) is 9.38. The Morgan fingerprint density at radius 1 is 1.20 bits per heavy atom. The van der Waals surface area contributed by atoms with Crippen molar-refractivity contribution in [2.24, 2.45) is 0 Å². The highest BCUT2D eigenvalue weighted by molar-refractivity contribution is 5.83. The number of rotatable bonds is 8. The predicted octanol–water partition coefficient (Wildman–Crippen LogP) is 3.63. The third kappa shape index (κ3) is 5.88. The summed E-state index contributed by atoms with van der Waals surface area (Å²) in [7, 11) is 0. The Balaban J connectivity index is 1.69. The maximum Gasteiger partial charge on any atom is 0.471 e. The lowest BCUT2D eigenvalue weighted by molar-refractivity contribution is -0.159. The molecule has 1 unspecified atom stereocenters. The van der Waals surface area contributed by atoms with Crippen molar-refractivity contribution in [2.75, 3.05) is 13.2 Å². The van der Waals surface area contributed by atoms with Crippen molar-refractivity contribution >= 4 is 11.7 Å². The number of carbonyl (C=O) groups is 2. The van der Waals surface area contributed by atoms with Crippen LogP contribution < -0.4 is 0 Å². The van der Waals surface area contributed by atoms with Gasteiger partial charge in [0.2, 0.25) is 11.7 Å². The molecule has 30 heavy (non-hydrogen) atoms. The molecule has 1 aliphatic heterocycles. The molecular formula is C20H22F3N3O4. The van der Waals surface area contributed by atoms with Gasteiger partial charge in [-0.25, -0.2) is 0 Å². The Morgan fingerprint density at radius 2 is 1.93 bits per heavy atom. The molecule has 2 heterocycles. The second-order valence-electron chi connectivity index (χ2n) is 7.23. The molecule has 3 rings (SSSR count). The van der Waals surface area contributed by atoms with Gasteiger partial charge in [0.05, 0.1) is 6.10 Å². The van der Waals surface area contributed by atoms with Gasteiger partial charge in [0.15, 0.2) is 0 Å². The van der Waals surface area contributed by atoms with Crippen LogP contribution in [-0.2, 0) is 27.0 Å². The molecule has 7 nitrogen and oxygen atoms in total. The normalized spacial score (nSPS) is 16.6. The van der Waals surface area contributed by atoms with E-state index in [1.54, 1.807) is 29.2 Å². The number of hydrogen-bond donors (Lipinski definition) is 0. The molecule has 0 aliphatic carbocycles. The number of carbonyl (C=O) groups excluding carboxylic acids is 2. The number of Topliss-reactive ketones (excluding diaryl/α,β-unsaturated/α-hetero) is 1. The van der Waals surface area contributed by atoms with Crippen molar-refractivity contribution in [1.82, 2.24) is 15.0 Å². The SMILES string of the molecule is CC(=O)CCC(=O)N(Cc1ccc(-c2noc(C(F)(F)F)n2)cc1)CC1CCCO1. The fourth-order valence-electron chi connectivity index (χ4n) is 3.17. The van der Waals surface area contributed by atoms with Crippen LogP contribution in [0, 0.1) is 0 Å². The summed E-state index contributed by atoms with van der Waals surface area (Å²) in [4.78, 5) is 28.8. The predicted molar refractivity (Wildman–Crippen MR) is 99.0 cm³/mol. The van der Waals surface area contributed by atoms with E-state index in [-0.39, 0.29) is 36.5 Å². The molecule has 1 amide bonds. The summed E-state index contributed by atoms with van der Waals surface area (Å²) in [6, 6.07) is 6.54. The molecule has 0 N–H and O–H groups in total. The van der Waals surface area contributed by atoms with Gasteiger partial charge in [-0.15, -0.1) is 0 Å². The molecule has 162 valence electrons. The van der Waals surface area contributed by atoms with E-state index < -0.39 is 12.1 Å². The summed E-state index contributed by atoms with van der Waals surface area (Å²) in [5.74, 6) is -1.76. The summed E-state index contributed by atoms with van der Waals surface area (Å²) in [6.07, 6.45) is -2.61. The van der Waals surface area contributed by atoms with E-state index in [9.17, 15) is 22.8 Å². The van der Waals surface area contributed by atoms with Crippen molar-refractivity contribution in [3.8, 4) is 11.4 Å². The van der Waals surface area contributed by atoms with Gasteiger partial charge in [0, 0.05) is 38.1 Å². The smallest absolute Gasteiger partial charge is 0.376 e. The van der Waals surface area contributed by atoms with Gasteiger partial charge in [-0.3, -0.25) is 4.79 Å². The molecule has 1 saturated heterocycles. The Hall–Kier alpha value is -2.75. The number of benzene rings is 1. The first-order chi connectivity index (χ1) is 14.2. The number of ether oxygens (including phenoxy) is 1. The van der Waals surface area contributed by atoms with Crippen molar-refractivity contribution in [3.05, 3.63) is 35.7 Å². The van der Waals surface area contributed by atoms with E-state index in [1.807, 2.05) is 0 Å². The summed E-state index contributed by atoms with van der Waals surface area (Å²) < 4.78 is 47.7. The van der Waals surface area contributed by atoms with Crippen LogP contribution in [0.4, 0.5) is 13.2 Å². The number of aromatic nitrogens is 2. The number of hydrogen-bond acceptors (Lipinski definition) is 6. The zero-order valence-electron chi connectivity index (χ0n) is 16.4. The van der Waals surface area contributed by atoms with Crippen LogP contribution in [-0.4, -0.2) is 46.0 Å². The number of halogens is 3. The van der Waals surface area contributed by atoms with Gasteiger partial charge in [0.25, 0.3) is 0 Å². The molecule has 0 bridgehead atoms. The van der Waals surface area contributed by atoms with Crippen LogP contribution in [0.25, 0.3) is 11.4 Å². The van der Waals surface area contributed by atoms with E-state index in [2.05, 4.69) is 14.7 Å². The Labute approximate surface area is 171 Å². The lowest BCUT2D eigenvalue weighted by atomic mass is 10.1. The highest BCUT2D eigenvalue weighted by Gasteiger charge is 2.38. The van der Waals surface area contributed by atoms with Crippen LogP contribution >= 0.6 is 0 Å². The van der Waals surface area contributed by atoms with Crippen LogP contribution in [0.2, 0.25) is 0 Å². The van der Waals surface area contributed by atoms with Crippen molar-refractivity contribution < 1.29 is 32.0 Å². The highest BCUT2D eigenvalue weighted by atomic mass is 19.4. The molecule has 1 atom stereocenters. The zero-order chi connectivity index (χ0) is 21.7. The van der Waals surface area contributed by atoms with Crippen LogP contribution in [0.1, 0.15) is 44.1 Å². The van der Waals surface area contributed by atoms with E-state index in [1.165, 1.54) is 6.92 Å². The maximum absolute atomic E-state index is 12.6. The first-order valence-electron chi connectivity index (χ1n) is 9.61. The van der Waals surface area contributed by atoms with Gasteiger partial charge in [-0.2, -0.15) is 18.2 Å². The van der Waals surface area contributed by atoms with E-state index in [0.29, 0.717) is 25.3 Å². The molecule has 0 spiro atoms.